The van der Waals surface area contributed by atoms with E-state index in [1.54, 1.807) is 36.4 Å². The predicted molar refractivity (Wildman–Crippen MR) is 181 cm³/mol. The van der Waals surface area contributed by atoms with Crippen molar-refractivity contribution in [2.75, 3.05) is 47.5 Å². The van der Waals surface area contributed by atoms with E-state index in [2.05, 4.69) is 25.4 Å². The fourth-order valence-electron chi connectivity index (χ4n) is 5.83. The third-order valence-electron chi connectivity index (χ3n) is 8.16. The number of nitrogens with zero attached hydrogens (tertiary/aromatic N) is 6. The van der Waals surface area contributed by atoms with E-state index < -0.39 is 24.0 Å². The van der Waals surface area contributed by atoms with Crippen LogP contribution in [0.5, 0.6) is 11.5 Å². The maximum Gasteiger partial charge on any atom is 0.254 e. The lowest BCUT2D eigenvalue weighted by molar-refractivity contribution is -0.0931. The summed E-state index contributed by atoms with van der Waals surface area (Å²) in [6.07, 6.45) is 1.42. The van der Waals surface area contributed by atoms with E-state index in [1.165, 1.54) is 7.11 Å². The number of anilines is 1. The van der Waals surface area contributed by atoms with Gasteiger partial charge >= 0.3 is 0 Å². The van der Waals surface area contributed by atoms with Crippen LogP contribution in [0.2, 0.25) is 0 Å². The van der Waals surface area contributed by atoms with Crippen molar-refractivity contribution in [2.24, 2.45) is 4.99 Å². The minimum absolute atomic E-state index is 0.0705. The van der Waals surface area contributed by atoms with Gasteiger partial charge < -0.3 is 29.0 Å². The molecule has 3 heterocycles. The zero-order valence-corrected chi connectivity index (χ0v) is 27.5. The van der Waals surface area contributed by atoms with Gasteiger partial charge in [0.05, 0.1) is 46.7 Å². The number of fused-ring (bicyclic) bond motifs is 1. The predicted octanol–water partition coefficient (Wildman–Crippen LogP) is 4.70. The topological polar surface area (TPSA) is 138 Å². The summed E-state index contributed by atoms with van der Waals surface area (Å²) in [5.41, 5.74) is 5.31. The summed E-state index contributed by atoms with van der Waals surface area (Å²) in [6, 6.07) is 25.6. The second-order valence-corrected chi connectivity index (χ2v) is 11.5. The Morgan fingerprint density at radius 3 is 2.15 bits per heavy atom. The highest BCUT2D eigenvalue weighted by Crippen LogP contribution is 2.43. The first kappa shape index (κ1) is 32.8. The van der Waals surface area contributed by atoms with Gasteiger partial charge in [-0.05, 0) is 41.0 Å². The molecule has 1 saturated heterocycles. The fraction of sp³-hybridized carbons (Fsp3) is 0.314. The van der Waals surface area contributed by atoms with Crippen LogP contribution in [0, 0.1) is 0 Å². The van der Waals surface area contributed by atoms with Crippen molar-refractivity contribution in [1.29, 1.82) is 0 Å². The average Bonchev–Trinajstić information content (AvgIpc) is 3.71. The molecule has 3 aromatic carbocycles. The van der Waals surface area contributed by atoms with E-state index >= 15 is 0 Å². The van der Waals surface area contributed by atoms with E-state index in [0.29, 0.717) is 17.0 Å². The lowest BCUT2D eigenvalue weighted by Gasteiger charge is -2.37. The highest BCUT2D eigenvalue weighted by atomic mass is 16.6. The second-order valence-electron chi connectivity index (χ2n) is 11.5. The molecule has 13 nitrogen and oxygen atoms in total. The van der Waals surface area contributed by atoms with Gasteiger partial charge in [-0.1, -0.05) is 54.6 Å². The first-order valence-corrected chi connectivity index (χ1v) is 15.4. The Labute approximate surface area is 278 Å². The molecule has 1 fully saturated rings. The standard InChI is InChI=1S/C35H39N7O6/c1-41(2)21-37-34-38-32(40-46-5)31-33(39-34)42(22-36-31)30-19-28(43)29(48-30)20-47-35(23-9-7-6-8-10-23,24-11-15-26(44-3)16-12-24)25-13-17-27(45-4)18-14-25/h6-18,21-22,28-30,43H,19-20H2,1-5H3,(H,38,39,40)/t28-,29+,30+/m0/s1. The summed E-state index contributed by atoms with van der Waals surface area (Å²) in [4.78, 5) is 24.8. The molecular formula is C35H39N7O6. The molecule has 0 radical (unpaired) electrons. The van der Waals surface area contributed by atoms with Gasteiger partial charge in [0.15, 0.2) is 17.0 Å². The summed E-state index contributed by atoms with van der Waals surface area (Å²) in [6.45, 7) is 0.0705. The van der Waals surface area contributed by atoms with Crippen molar-refractivity contribution in [3.8, 4) is 11.5 Å². The van der Waals surface area contributed by atoms with E-state index in [4.69, 9.17) is 23.8 Å². The van der Waals surface area contributed by atoms with Gasteiger partial charge in [-0.25, -0.2) is 15.5 Å². The Hall–Kier alpha value is -5.08. The first-order valence-electron chi connectivity index (χ1n) is 15.4. The molecule has 0 aliphatic carbocycles. The van der Waals surface area contributed by atoms with Crippen LogP contribution in [0.4, 0.5) is 11.8 Å². The molecule has 0 saturated carbocycles. The summed E-state index contributed by atoms with van der Waals surface area (Å²) in [5, 5.41) is 11.3. The molecule has 0 bridgehead atoms. The van der Waals surface area contributed by atoms with Crippen LogP contribution in [0.1, 0.15) is 29.3 Å². The van der Waals surface area contributed by atoms with E-state index in [9.17, 15) is 5.11 Å². The van der Waals surface area contributed by atoms with Crippen molar-refractivity contribution in [3.05, 3.63) is 102 Å². The molecule has 250 valence electrons. The lowest BCUT2D eigenvalue weighted by atomic mass is 9.80. The molecule has 0 amide bonds. The zero-order valence-electron chi connectivity index (χ0n) is 27.5. The van der Waals surface area contributed by atoms with Crippen LogP contribution in [-0.2, 0) is 19.9 Å². The van der Waals surface area contributed by atoms with E-state index in [-0.39, 0.29) is 19.0 Å². The number of ether oxygens (including phenoxy) is 4. The number of methoxy groups -OCH3 is 2. The second kappa shape index (κ2) is 14.4. The molecule has 5 aromatic rings. The first-order chi connectivity index (χ1) is 23.4. The number of aliphatic imine (C=N–C) groups is 1. The molecular weight excluding hydrogens is 614 g/mol. The van der Waals surface area contributed by atoms with Crippen LogP contribution in [-0.4, -0.2) is 90.1 Å². The SMILES string of the molecule is CONc1nc(N=CN(C)C)nc2c1ncn2[C@H]1C[C@H](O)[C@@H](COC(c2ccccc2)(c2ccc(OC)cc2)c2ccc(OC)cc2)O1. The largest absolute Gasteiger partial charge is 0.497 e. The van der Waals surface area contributed by atoms with Gasteiger partial charge in [0.25, 0.3) is 5.95 Å². The summed E-state index contributed by atoms with van der Waals surface area (Å²) >= 11 is 0. The Morgan fingerprint density at radius 2 is 1.56 bits per heavy atom. The number of benzene rings is 3. The summed E-state index contributed by atoms with van der Waals surface area (Å²) < 4.78 is 26.2. The molecule has 48 heavy (non-hydrogen) atoms. The van der Waals surface area contributed by atoms with Gasteiger partial charge in [0, 0.05) is 20.5 Å². The third kappa shape index (κ3) is 6.53. The van der Waals surface area contributed by atoms with Crippen molar-refractivity contribution in [3.63, 3.8) is 0 Å². The number of hydrogen-bond donors (Lipinski definition) is 2. The monoisotopic (exact) mass is 653 g/mol. The van der Waals surface area contributed by atoms with Crippen LogP contribution in [0.15, 0.2) is 90.2 Å². The van der Waals surface area contributed by atoms with Crippen molar-refractivity contribution in [2.45, 2.75) is 30.5 Å². The highest BCUT2D eigenvalue weighted by Gasteiger charge is 2.42. The molecule has 2 aromatic heterocycles. The van der Waals surface area contributed by atoms with Gasteiger partial charge in [0.1, 0.15) is 29.4 Å². The number of rotatable bonds is 13. The third-order valence-corrected chi connectivity index (χ3v) is 8.16. The van der Waals surface area contributed by atoms with E-state index in [0.717, 1.165) is 28.2 Å². The Balaban J connectivity index is 1.35. The van der Waals surface area contributed by atoms with Crippen LogP contribution < -0.4 is 15.0 Å². The molecule has 13 heteroatoms. The van der Waals surface area contributed by atoms with E-state index in [1.807, 2.05) is 93.0 Å². The molecule has 1 aliphatic rings. The minimum atomic E-state index is -1.06. The smallest absolute Gasteiger partial charge is 0.254 e. The number of nitrogens with one attached hydrogen (secondary N) is 1. The van der Waals surface area contributed by atoms with Gasteiger partial charge in [-0.3, -0.25) is 9.40 Å². The molecule has 0 spiro atoms. The Bertz CT molecular complexity index is 1780. The Kier molecular flexibility index (Phi) is 9.82. The minimum Gasteiger partial charge on any atom is -0.497 e. The van der Waals surface area contributed by atoms with Gasteiger partial charge in [-0.2, -0.15) is 9.97 Å². The molecule has 0 unspecified atom stereocenters. The van der Waals surface area contributed by atoms with Crippen LogP contribution in [0.3, 0.4) is 0 Å². The van der Waals surface area contributed by atoms with Crippen molar-refractivity contribution < 1.29 is 28.9 Å². The van der Waals surface area contributed by atoms with Crippen LogP contribution >= 0.6 is 0 Å². The quantitative estimate of drug-likeness (QED) is 0.0792. The lowest BCUT2D eigenvalue weighted by Crippen LogP contribution is -2.38. The van der Waals surface area contributed by atoms with Crippen molar-refractivity contribution in [1.82, 2.24) is 24.4 Å². The fourth-order valence-corrected chi connectivity index (χ4v) is 5.83. The molecule has 6 rings (SSSR count). The van der Waals surface area contributed by atoms with Crippen molar-refractivity contribution >= 4 is 29.3 Å². The summed E-state index contributed by atoms with van der Waals surface area (Å²) in [5.74, 6) is 2.02. The number of aliphatic hydroxyl groups is 1. The number of imidazole rings is 1. The Morgan fingerprint density at radius 1 is 0.938 bits per heavy atom. The maximum atomic E-state index is 11.3. The van der Waals surface area contributed by atoms with Gasteiger partial charge in [-0.15, -0.1) is 0 Å². The summed E-state index contributed by atoms with van der Waals surface area (Å²) in [7, 11) is 8.47. The number of hydrogen-bond acceptors (Lipinski definition) is 11. The molecule has 3 atom stereocenters. The highest BCUT2D eigenvalue weighted by molar-refractivity contribution is 5.84. The molecule has 2 N–H and O–H groups in total. The normalized spacial score (nSPS) is 18.0. The van der Waals surface area contributed by atoms with Gasteiger partial charge in [0.2, 0.25) is 0 Å². The molecule has 1 aliphatic heterocycles. The number of aliphatic hydroxyl groups excluding tert-OH is 1. The average molecular weight is 654 g/mol. The number of aromatic nitrogens is 4. The van der Waals surface area contributed by atoms with Crippen LogP contribution in [0.25, 0.3) is 11.2 Å². The maximum absolute atomic E-state index is 11.3. The zero-order chi connectivity index (χ0) is 33.7.